The summed E-state index contributed by atoms with van der Waals surface area (Å²) in [5.74, 6) is 2.62. The Morgan fingerprint density at radius 2 is 2.25 bits per heavy atom. The van der Waals surface area contributed by atoms with Gasteiger partial charge in [0.05, 0.1) is 0 Å². The molecule has 0 spiro atoms. The Kier molecular flexibility index (Phi) is 2.99. The van der Waals surface area contributed by atoms with E-state index in [1.807, 2.05) is 12.1 Å². The molecule has 0 aromatic heterocycles. The van der Waals surface area contributed by atoms with Gasteiger partial charge in [0.1, 0.15) is 0 Å². The minimum atomic E-state index is 0.660. The molecule has 0 aliphatic carbocycles. The summed E-state index contributed by atoms with van der Waals surface area (Å²) >= 11 is 2.27. The van der Waals surface area contributed by atoms with E-state index in [2.05, 4.69) is 35.4 Å². The monoisotopic (exact) mass is 271 g/mol. The van der Waals surface area contributed by atoms with E-state index >= 15 is 0 Å². The second-order valence-corrected chi connectivity index (χ2v) is 3.83. The highest BCUT2D eigenvalue weighted by atomic mass is 127. The molecular weight excluding hydrogens is 261 g/mol. The van der Waals surface area contributed by atoms with Gasteiger partial charge in [-0.1, -0.05) is 0 Å². The fourth-order valence-electron chi connectivity index (χ4n) is 1.05. The lowest BCUT2D eigenvalue weighted by molar-refractivity contribution is 1.23. The molecule has 1 nitrogen and oxygen atoms in total. The fourth-order valence-corrected chi connectivity index (χ4v) is 1.76. The Balaban J connectivity index is 3.20. The molecule has 62 valence electrons. The first-order valence-corrected chi connectivity index (χ1v) is 4.71. The predicted octanol–water partition coefficient (Wildman–Crippen LogP) is 2.36. The number of hydrogen-bond donors (Lipinski definition) is 1. The molecule has 0 aliphatic rings. The molecule has 12 heavy (non-hydrogen) atoms. The first kappa shape index (κ1) is 9.40. The third kappa shape index (κ3) is 1.92. The van der Waals surface area contributed by atoms with Crippen molar-refractivity contribution in [2.75, 3.05) is 5.73 Å². The summed E-state index contributed by atoms with van der Waals surface area (Å²) in [6.45, 7) is 2.06. The smallest absolute Gasteiger partial charge is 0.0341 e. The lowest BCUT2D eigenvalue weighted by Crippen LogP contribution is -1.95. The minimum Gasteiger partial charge on any atom is -0.399 e. The van der Waals surface area contributed by atoms with E-state index in [1.54, 1.807) is 0 Å². The van der Waals surface area contributed by atoms with Gasteiger partial charge in [-0.15, -0.1) is 12.3 Å². The van der Waals surface area contributed by atoms with E-state index < -0.39 is 0 Å². The molecule has 0 unspecified atom stereocenters. The average Bonchev–Trinajstić information content (AvgIpc) is 2.00. The minimum absolute atomic E-state index is 0.660. The highest BCUT2D eigenvalue weighted by Crippen LogP contribution is 2.20. The van der Waals surface area contributed by atoms with Crippen LogP contribution in [0.15, 0.2) is 12.1 Å². The van der Waals surface area contributed by atoms with Gasteiger partial charge >= 0.3 is 0 Å². The van der Waals surface area contributed by atoms with E-state index in [9.17, 15) is 0 Å². The Morgan fingerprint density at radius 1 is 1.58 bits per heavy atom. The van der Waals surface area contributed by atoms with Crippen LogP contribution in [-0.4, -0.2) is 0 Å². The number of nitrogen functional groups attached to an aromatic ring is 1. The molecule has 0 bridgehead atoms. The second-order valence-electron chi connectivity index (χ2n) is 2.67. The van der Waals surface area contributed by atoms with Crippen LogP contribution in [0.5, 0.6) is 0 Å². The van der Waals surface area contributed by atoms with Crippen LogP contribution in [0, 0.1) is 22.8 Å². The van der Waals surface area contributed by atoms with Crippen LogP contribution in [0.3, 0.4) is 0 Å². The van der Waals surface area contributed by atoms with Gasteiger partial charge in [0.25, 0.3) is 0 Å². The molecule has 0 radical (unpaired) electrons. The first-order chi connectivity index (χ1) is 5.65. The fraction of sp³-hybridized carbons (Fsp3) is 0.200. The normalized spacial score (nSPS) is 9.42. The van der Waals surface area contributed by atoms with E-state index in [-0.39, 0.29) is 0 Å². The van der Waals surface area contributed by atoms with E-state index in [1.165, 1.54) is 9.13 Å². The Morgan fingerprint density at radius 3 is 2.83 bits per heavy atom. The summed E-state index contributed by atoms with van der Waals surface area (Å²) in [5, 5.41) is 0. The van der Waals surface area contributed by atoms with Crippen molar-refractivity contribution in [2.45, 2.75) is 13.3 Å². The van der Waals surface area contributed by atoms with Crippen molar-refractivity contribution < 1.29 is 0 Å². The number of hydrogen-bond acceptors (Lipinski definition) is 1. The van der Waals surface area contributed by atoms with Crippen molar-refractivity contribution in [1.29, 1.82) is 0 Å². The van der Waals surface area contributed by atoms with Crippen LogP contribution in [0.25, 0.3) is 0 Å². The van der Waals surface area contributed by atoms with Crippen LogP contribution >= 0.6 is 22.6 Å². The third-order valence-electron chi connectivity index (χ3n) is 1.77. The highest BCUT2D eigenvalue weighted by Gasteiger charge is 2.01. The van der Waals surface area contributed by atoms with Crippen LogP contribution in [0.4, 0.5) is 5.69 Å². The van der Waals surface area contributed by atoms with E-state index in [0.717, 1.165) is 11.3 Å². The van der Waals surface area contributed by atoms with Gasteiger partial charge in [-0.3, -0.25) is 0 Å². The zero-order valence-corrected chi connectivity index (χ0v) is 9.05. The molecule has 0 aliphatic heterocycles. The molecule has 1 aromatic rings. The summed E-state index contributed by atoms with van der Waals surface area (Å²) < 4.78 is 1.18. The summed E-state index contributed by atoms with van der Waals surface area (Å²) in [4.78, 5) is 0. The molecule has 1 aromatic carbocycles. The Labute approximate surface area is 86.5 Å². The largest absolute Gasteiger partial charge is 0.399 e. The van der Waals surface area contributed by atoms with E-state index in [4.69, 9.17) is 12.2 Å². The van der Waals surface area contributed by atoms with Crippen LogP contribution in [0.1, 0.15) is 11.1 Å². The lowest BCUT2D eigenvalue weighted by atomic mass is 10.1. The maximum Gasteiger partial charge on any atom is 0.0341 e. The number of benzene rings is 1. The number of halogens is 1. The zero-order valence-electron chi connectivity index (χ0n) is 6.89. The van der Waals surface area contributed by atoms with Crippen LogP contribution in [-0.2, 0) is 6.42 Å². The van der Waals surface area contributed by atoms with Crippen molar-refractivity contribution in [3.05, 3.63) is 26.8 Å². The topological polar surface area (TPSA) is 26.0 Å². The van der Waals surface area contributed by atoms with Gasteiger partial charge in [-0.05, 0) is 52.8 Å². The quantitative estimate of drug-likeness (QED) is 0.473. The summed E-state index contributed by atoms with van der Waals surface area (Å²) in [7, 11) is 0. The number of terminal acetylenes is 1. The van der Waals surface area contributed by atoms with Gasteiger partial charge in [0, 0.05) is 15.7 Å². The predicted molar refractivity (Wildman–Crippen MR) is 60.8 cm³/mol. The van der Waals surface area contributed by atoms with Gasteiger partial charge < -0.3 is 5.73 Å². The highest BCUT2D eigenvalue weighted by molar-refractivity contribution is 14.1. The van der Waals surface area contributed by atoms with Crippen LogP contribution < -0.4 is 5.73 Å². The maximum absolute atomic E-state index is 5.69. The zero-order chi connectivity index (χ0) is 9.14. The van der Waals surface area contributed by atoms with Crippen molar-refractivity contribution >= 4 is 28.3 Å². The molecule has 1 rings (SSSR count). The Hall–Kier alpha value is -0.690. The van der Waals surface area contributed by atoms with Crippen molar-refractivity contribution in [1.82, 2.24) is 0 Å². The van der Waals surface area contributed by atoms with Gasteiger partial charge in [0.15, 0.2) is 0 Å². The summed E-state index contributed by atoms with van der Waals surface area (Å²) in [6, 6.07) is 3.90. The van der Waals surface area contributed by atoms with Crippen molar-refractivity contribution in [2.24, 2.45) is 0 Å². The van der Waals surface area contributed by atoms with Gasteiger partial charge in [-0.2, -0.15) is 0 Å². The third-order valence-corrected chi connectivity index (χ3v) is 2.89. The molecule has 0 fully saturated rings. The SMILES string of the molecule is C#CCc1cc(N)cc(I)c1C. The standard InChI is InChI=1S/C10H10IN/c1-3-4-8-5-9(12)6-10(11)7(8)2/h1,5-6H,4,12H2,2H3. The van der Waals surface area contributed by atoms with Gasteiger partial charge in [-0.25, -0.2) is 0 Å². The molecular formula is C10H10IN. The summed E-state index contributed by atoms with van der Waals surface area (Å²) in [5.41, 5.74) is 8.87. The van der Waals surface area contributed by atoms with E-state index in [0.29, 0.717) is 6.42 Å². The Bertz CT molecular complexity index is 336. The lowest BCUT2D eigenvalue weighted by Gasteiger charge is -2.05. The van der Waals surface area contributed by atoms with Crippen LogP contribution in [0.2, 0.25) is 0 Å². The molecule has 0 saturated heterocycles. The molecule has 0 heterocycles. The maximum atomic E-state index is 5.69. The average molecular weight is 271 g/mol. The molecule has 2 heteroatoms. The molecule has 0 amide bonds. The van der Waals surface area contributed by atoms with Gasteiger partial charge in [0.2, 0.25) is 0 Å². The summed E-state index contributed by atoms with van der Waals surface area (Å²) in [6.07, 6.45) is 5.90. The number of rotatable bonds is 1. The first-order valence-electron chi connectivity index (χ1n) is 3.63. The number of nitrogens with two attached hydrogens (primary N) is 1. The molecule has 0 saturated carbocycles. The number of anilines is 1. The second kappa shape index (κ2) is 3.81. The molecule has 2 N–H and O–H groups in total. The molecule has 0 atom stereocenters. The van der Waals surface area contributed by atoms with Crippen molar-refractivity contribution in [3.63, 3.8) is 0 Å². The van der Waals surface area contributed by atoms with Crippen molar-refractivity contribution in [3.8, 4) is 12.3 Å².